The van der Waals surface area contributed by atoms with Crippen LogP contribution in [0, 0.1) is 0 Å². The molecular formula is C19H25N5O3. The number of benzene rings is 1. The summed E-state index contributed by atoms with van der Waals surface area (Å²) in [5, 5.41) is 10.8. The molecule has 1 unspecified atom stereocenters. The Kier molecular flexibility index (Phi) is 5.63. The first-order valence-corrected chi connectivity index (χ1v) is 8.82. The van der Waals surface area contributed by atoms with E-state index < -0.39 is 0 Å². The van der Waals surface area contributed by atoms with Crippen LogP contribution in [0.4, 0.5) is 11.5 Å². The Bertz CT molecular complexity index is 774. The number of methoxy groups -OCH3 is 2. The van der Waals surface area contributed by atoms with Crippen molar-refractivity contribution in [2.45, 2.75) is 12.5 Å². The van der Waals surface area contributed by atoms with Crippen molar-refractivity contribution in [3.8, 4) is 11.5 Å². The standard InChI is InChI=1S/C19H25N5O3/c1-20-19(25)17-5-6-18(22-21-17)23(2)13-7-8-24(12-13)14-9-15(26-3)11-16(10-14)27-4/h5-6,9-11,13H,7-8,12H2,1-4H3,(H,20,25). The molecule has 1 N–H and O–H groups in total. The molecule has 1 aliphatic heterocycles. The summed E-state index contributed by atoms with van der Waals surface area (Å²) < 4.78 is 10.7. The first kappa shape index (κ1) is 18.8. The highest BCUT2D eigenvalue weighted by molar-refractivity contribution is 5.91. The average molecular weight is 371 g/mol. The Morgan fingerprint density at radius 1 is 1.19 bits per heavy atom. The van der Waals surface area contributed by atoms with E-state index in [1.807, 2.05) is 31.3 Å². The van der Waals surface area contributed by atoms with Gasteiger partial charge in [0.05, 0.1) is 14.2 Å². The smallest absolute Gasteiger partial charge is 0.271 e. The van der Waals surface area contributed by atoms with Gasteiger partial charge in [-0.2, -0.15) is 0 Å². The van der Waals surface area contributed by atoms with Gasteiger partial charge in [0.2, 0.25) is 0 Å². The second kappa shape index (κ2) is 8.11. The molecule has 1 amide bonds. The van der Waals surface area contributed by atoms with Crippen LogP contribution in [0.3, 0.4) is 0 Å². The zero-order valence-electron chi connectivity index (χ0n) is 16.1. The van der Waals surface area contributed by atoms with Crippen molar-refractivity contribution in [1.29, 1.82) is 0 Å². The highest BCUT2D eigenvalue weighted by Gasteiger charge is 2.27. The molecule has 8 heteroatoms. The first-order chi connectivity index (χ1) is 13.0. The summed E-state index contributed by atoms with van der Waals surface area (Å²) in [6.07, 6.45) is 0.995. The van der Waals surface area contributed by atoms with Gasteiger partial charge in [-0.05, 0) is 18.6 Å². The lowest BCUT2D eigenvalue weighted by Gasteiger charge is -2.26. The Morgan fingerprint density at radius 3 is 2.44 bits per heavy atom. The zero-order valence-corrected chi connectivity index (χ0v) is 16.1. The van der Waals surface area contributed by atoms with Gasteiger partial charge in [0.1, 0.15) is 11.5 Å². The molecule has 0 bridgehead atoms. The number of nitrogens with zero attached hydrogens (tertiary/aromatic N) is 4. The van der Waals surface area contributed by atoms with Crippen LogP contribution in [0.15, 0.2) is 30.3 Å². The Morgan fingerprint density at radius 2 is 1.89 bits per heavy atom. The minimum atomic E-state index is -0.240. The molecule has 1 aliphatic rings. The van der Waals surface area contributed by atoms with Gasteiger partial charge in [0.25, 0.3) is 5.91 Å². The van der Waals surface area contributed by atoms with Crippen molar-refractivity contribution in [2.24, 2.45) is 0 Å². The zero-order chi connectivity index (χ0) is 19.4. The summed E-state index contributed by atoms with van der Waals surface area (Å²) in [6.45, 7) is 1.78. The van der Waals surface area contributed by atoms with E-state index in [-0.39, 0.29) is 5.91 Å². The van der Waals surface area contributed by atoms with Crippen molar-refractivity contribution in [3.63, 3.8) is 0 Å². The van der Waals surface area contributed by atoms with Crippen LogP contribution in [-0.4, -0.2) is 63.6 Å². The van der Waals surface area contributed by atoms with Gasteiger partial charge in [0.15, 0.2) is 11.5 Å². The third-order valence-electron chi connectivity index (χ3n) is 4.88. The molecular weight excluding hydrogens is 346 g/mol. The molecule has 144 valence electrons. The molecule has 1 aromatic carbocycles. The van der Waals surface area contributed by atoms with Crippen molar-refractivity contribution >= 4 is 17.4 Å². The number of hydrogen-bond acceptors (Lipinski definition) is 7. The van der Waals surface area contributed by atoms with Crippen molar-refractivity contribution in [1.82, 2.24) is 15.5 Å². The van der Waals surface area contributed by atoms with Gasteiger partial charge in [-0.25, -0.2) is 0 Å². The number of nitrogens with one attached hydrogen (secondary N) is 1. The van der Waals surface area contributed by atoms with E-state index >= 15 is 0 Å². The van der Waals surface area contributed by atoms with Crippen LogP contribution in [0.1, 0.15) is 16.9 Å². The maximum atomic E-state index is 11.6. The average Bonchev–Trinajstić information content (AvgIpc) is 3.22. The van der Waals surface area contributed by atoms with E-state index in [2.05, 4.69) is 25.3 Å². The van der Waals surface area contributed by atoms with Crippen molar-refractivity contribution in [3.05, 3.63) is 36.0 Å². The number of carbonyl (C=O) groups excluding carboxylic acids is 1. The van der Waals surface area contributed by atoms with Crippen molar-refractivity contribution < 1.29 is 14.3 Å². The third kappa shape index (κ3) is 4.05. The number of amides is 1. The van der Waals surface area contributed by atoms with Crippen LogP contribution < -0.4 is 24.6 Å². The molecule has 1 saturated heterocycles. The number of likely N-dealkylation sites (N-methyl/N-ethyl adjacent to an activating group) is 1. The van der Waals surface area contributed by atoms with Crippen LogP contribution in [0.5, 0.6) is 11.5 Å². The molecule has 0 saturated carbocycles. The molecule has 1 fully saturated rings. The molecule has 1 atom stereocenters. The third-order valence-corrected chi connectivity index (χ3v) is 4.88. The van der Waals surface area contributed by atoms with Crippen LogP contribution >= 0.6 is 0 Å². The maximum absolute atomic E-state index is 11.6. The van der Waals surface area contributed by atoms with Crippen LogP contribution in [0.25, 0.3) is 0 Å². The molecule has 3 rings (SSSR count). The van der Waals surface area contributed by atoms with Gasteiger partial charge in [0, 0.05) is 57.1 Å². The fourth-order valence-electron chi connectivity index (χ4n) is 3.22. The van der Waals surface area contributed by atoms with Gasteiger partial charge in [-0.15, -0.1) is 10.2 Å². The topological polar surface area (TPSA) is 79.8 Å². The largest absolute Gasteiger partial charge is 0.497 e. The summed E-state index contributed by atoms with van der Waals surface area (Å²) in [6, 6.07) is 9.72. The summed E-state index contributed by atoms with van der Waals surface area (Å²) in [5.41, 5.74) is 1.38. The Balaban J connectivity index is 1.71. The van der Waals surface area contributed by atoms with E-state index in [1.165, 1.54) is 0 Å². The molecule has 0 spiro atoms. The van der Waals surface area contributed by atoms with Gasteiger partial charge < -0.3 is 24.6 Å². The minimum Gasteiger partial charge on any atom is -0.497 e. The minimum absolute atomic E-state index is 0.240. The summed E-state index contributed by atoms with van der Waals surface area (Å²) in [4.78, 5) is 16.0. The van der Waals surface area contributed by atoms with E-state index in [1.54, 1.807) is 27.3 Å². The van der Waals surface area contributed by atoms with E-state index in [9.17, 15) is 4.79 Å². The molecule has 2 heterocycles. The lowest BCUT2D eigenvalue weighted by molar-refractivity contribution is 0.0957. The fraction of sp³-hybridized carbons (Fsp3) is 0.421. The number of ether oxygens (including phenoxy) is 2. The van der Waals surface area contributed by atoms with Crippen molar-refractivity contribution in [2.75, 3.05) is 51.2 Å². The van der Waals surface area contributed by atoms with Crippen LogP contribution in [0.2, 0.25) is 0 Å². The lowest BCUT2D eigenvalue weighted by Crippen LogP contribution is -2.35. The first-order valence-electron chi connectivity index (χ1n) is 8.82. The number of anilines is 2. The number of rotatable bonds is 6. The highest BCUT2D eigenvalue weighted by atomic mass is 16.5. The second-order valence-corrected chi connectivity index (χ2v) is 6.43. The number of aromatic nitrogens is 2. The summed E-state index contributed by atoms with van der Waals surface area (Å²) in [5.74, 6) is 2.06. The lowest BCUT2D eigenvalue weighted by atomic mass is 10.2. The predicted octanol–water partition coefficient (Wildman–Crippen LogP) is 1.57. The maximum Gasteiger partial charge on any atom is 0.271 e. The normalized spacial score (nSPS) is 16.1. The number of carbonyl (C=O) groups is 1. The quantitative estimate of drug-likeness (QED) is 0.825. The van der Waals surface area contributed by atoms with E-state index in [0.717, 1.165) is 42.5 Å². The molecule has 1 aromatic heterocycles. The fourth-order valence-corrected chi connectivity index (χ4v) is 3.22. The molecule has 8 nitrogen and oxygen atoms in total. The Hall–Kier alpha value is -3.03. The van der Waals surface area contributed by atoms with E-state index in [4.69, 9.17) is 9.47 Å². The highest BCUT2D eigenvalue weighted by Crippen LogP contribution is 2.31. The SMILES string of the molecule is CNC(=O)c1ccc(N(C)C2CCN(c3cc(OC)cc(OC)c3)C2)nn1. The van der Waals surface area contributed by atoms with Gasteiger partial charge in [-0.3, -0.25) is 4.79 Å². The van der Waals surface area contributed by atoms with Gasteiger partial charge >= 0.3 is 0 Å². The second-order valence-electron chi connectivity index (χ2n) is 6.43. The molecule has 0 aliphatic carbocycles. The molecule has 2 aromatic rings. The number of hydrogen-bond donors (Lipinski definition) is 1. The molecule has 0 radical (unpaired) electrons. The molecule has 27 heavy (non-hydrogen) atoms. The summed E-state index contributed by atoms with van der Waals surface area (Å²) >= 11 is 0. The van der Waals surface area contributed by atoms with E-state index in [0.29, 0.717) is 11.7 Å². The monoisotopic (exact) mass is 371 g/mol. The van der Waals surface area contributed by atoms with Gasteiger partial charge in [-0.1, -0.05) is 0 Å². The predicted molar refractivity (Wildman–Crippen MR) is 104 cm³/mol. The van der Waals surface area contributed by atoms with Crippen LogP contribution in [-0.2, 0) is 0 Å². The Labute approximate surface area is 159 Å². The summed E-state index contributed by atoms with van der Waals surface area (Å²) in [7, 11) is 6.88.